The van der Waals surface area contributed by atoms with Crippen LogP contribution >= 0.6 is 11.6 Å². The van der Waals surface area contributed by atoms with Gasteiger partial charge in [0.1, 0.15) is 0 Å². The molecule has 1 aliphatic rings. The molecule has 6 rings (SSSR count). The lowest BCUT2D eigenvalue weighted by Gasteiger charge is -2.37. The molecule has 1 saturated heterocycles. The highest BCUT2D eigenvalue weighted by Crippen LogP contribution is 2.37. The number of nitro benzene ring substituents is 1. The van der Waals surface area contributed by atoms with Crippen molar-refractivity contribution in [3.05, 3.63) is 141 Å². The fourth-order valence-electron chi connectivity index (χ4n) is 5.92. The zero-order chi connectivity index (χ0) is 29.1. The van der Waals surface area contributed by atoms with Crippen molar-refractivity contribution in [3.8, 4) is 0 Å². The number of para-hydroxylation sites is 1. The lowest BCUT2D eigenvalue weighted by molar-refractivity contribution is -0.384. The van der Waals surface area contributed by atoms with E-state index in [1.165, 1.54) is 0 Å². The molecule has 1 fully saturated rings. The van der Waals surface area contributed by atoms with Gasteiger partial charge in [0.2, 0.25) is 5.91 Å². The Balaban J connectivity index is 1.33. The van der Waals surface area contributed by atoms with E-state index in [1.807, 2.05) is 83.8 Å². The first-order valence-corrected chi connectivity index (χ1v) is 14.5. The maximum absolute atomic E-state index is 13.8. The second kappa shape index (κ2) is 12.1. The normalized spacial score (nSPS) is 14.2. The first kappa shape index (κ1) is 27.5. The maximum Gasteiger partial charge on any atom is 0.270 e. The maximum atomic E-state index is 13.8. The summed E-state index contributed by atoms with van der Waals surface area (Å²) in [5.74, 6) is -0.195. The summed E-state index contributed by atoms with van der Waals surface area (Å²) < 4.78 is 2.13. The number of halogens is 1. The van der Waals surface area contributed by atoms with Crippen molar-refractivity contribution in [3.63, 3.8) is 0 Å². The van der Waals surface area contributed by atoms with Gasteiger partial charge in [-0.05, 0) is 34.9 Å². The van der Waals surface area contributed by atoms with Crippen LogP contribution in [-0.2, 0) is 11.3 Å². The van der Waals surface area contributed by atoms with E-state index in [4.69, 9.17) is 11.6 Å². The van der Waals surface area contributed by atoms with Crippen molar-refractivity contribution in [2.45, 2.75) is 18.9 Å². The molecule has 0 N–H and O–H groups in total. The molecule has 212 valence electrons. The smallest absolute Gasteiger partial charge is 0.270 e. The van der Waals surface area contributed by atoms with Crippen molar-refractivity contribution >= 4 is 39.8 Å². The zero-order valence-electron chi connectivity index (χ0n) is 23.1. The number of fused-ring (bicyclic) bond motifs is 1. The molecule has 42 heavy (non-hydrogen) atoms. The molecule has 1 aromatic heterocycles. The summed E-state index contributed by atoms with van der Waals surface area (Å²) in [5.41, 5.74) is 4.98. The van der Waals surface area contributed by atoms with E-state index in [-0.39, 0.29) is 28.9 Å². The second-order valence-electron chi connectivity index (χ2n) is 10.6. The molecule has 0 unspecified atom stereocenters. The number of nitro groups is 1. The van der Waals surface area contributed by atoms with Gasteiger partial charge in [-0.1, -0.05) is 84.4 Å². The number of hydrogen-bond acceptors (Lipinski definition) is 4. The van der Waals surface area contributed by atoms with Crippen LogP contribution in [0.2, 0.25) is 5.02 Å². The predicted molar refractivity (Wildman–Crippen MR) is 167 cm³/mol. The molecule has 0 bridgehead atoms. The SMILES string of the molecule is O=C(C[C@H](c1ccccc1)c1cn(Cc2ccccc2)c2ccc([N+](=O)[O-])cc12)N1CCN(c2ccccc2Cl)CC1. The van der Waals surface area contributed by atoms with Crippen molar-refractivity contribution in [1.82, 2.24) is 9.47 Å². The molecule has 0 aliphatic carbocycles. The Labute approximate surface area is 249 Å². The average Bonchev–Trinajstić information content (AvgIpc) is 3.38. The quantitative estimate of drug-likeness (QED) is 0.145. The van der Waals surface area contributed by atoms with Gasteiger partial charge in [-0.15, -0.1) is 0 Å². The number of nitrogens with zero attached hydrogens (tertiary/aromatic N) is 4. The summed E-state index contributed by atoms with van der Waals surface area (Å²) in [6, 6.07) is 32.9. The topological polar surface area (TPSA) is 71.6 Å². The van der Waals surface area contributed by atoms with Crippen molar-refractivity contribution < 1.29 is 9.72 Å². The van der Waals surface area contributed by atoms with Gasteiger partial charge in [-0.2, -0.15) is 0 Å². The molecule has 0 spiro atoms. The van der Waals surface area contributed by atoms with Crippen LogP contribution in [0.4, 0.5) is 11.4 Å². The van der Waals surface area contributed by atoms with Crippen molar-refractivity contribution in [2.75, 3.05) is 31.1 Å². The third-order valence-corrected chi connectivity index (χ3v) is 8.40. The monoisotopic (exact) mass is 578 g/mol. The number of non-ortho nitro benzene ring substituents is 1. The third-order valence-electron chi connectivity index (χ3n) is 8.08. The standard InChI is InChI=1S/C34H31ClN4O3/c35-31-13-7-8-14-33(31)36-17-19-37(20-18-36)34(40)22-28(26-11-5-2-6-12-26)30-24-38(23-25-9-3-1-4-10-25)32-16-15-27(39(41)42)21-29(30)32/h1-16,21,24,28H,17-20,22-23H2/t28-/m1/s1. The van der Waals surface area contributed by atoms with Crippen LogP contribution in [-0.4, -0.2) is 46.5 Å². The van der Waals surface area contributed by atoms with Crippen LogP contribution in [0.25, 0.3) is 10.9 Å². The molecular weight excluding hydrogens is 548 g/mol. The van der Waals surface area contributed by atoms with Gasteiger partial charge >= 0.3 is 0 Å². The molecule has 4 aromatic carbocycles. The van der Waals surface area contributed by atoms with Gasteiger partial charge in [-0.3, -0.25) is 14.9 Å². The van der Waals surface area contributed by atoms with Gasteiger partial charge in [0.25, 0.3) is 5.69 Å². The van der Waals surface area contributed by atoms with Crippen molar-refractivity contribution in [1.29, 1.82) is 0 Å². The number of carbonyl (C=O) groups excluding carboxylic acids is 1. The van der Waals surface area contributed by atoms with Crippen LogP contribution < -0.4 is 4.90 Å². The summed E-state index contributed by atoms with van der Waals surface area (Å²) in [4.78, 5) is 29.4. The highest BCUT2D eigenvalue weighted by Gasteiger charge is 2.28. The Kier molecular flexibility index (Phi) is 7.93. The van der Waals surface area contributed by atoms with E-state index < -0.39 is 0 Å². The lowest BCUT2D eigenvalue weighted by atomic mass is 9.87. The van der Waals surface area contributed by atoms with E-state index in [9.17, 15) is 14.9 Å². The van der Waals surface area contributed by atoms with Gasteiger partial charge < -0.3 is 14.4 Å². The van der Waals surface area contributed by atoms with Crippen LogP contribution in [0, 0.1) is 10.1 Å². The molecule has 7 nitrogen and oxygen atoms in total. The number of hydrogen-bond donors (Lipinski definition) is 0. The van der Waals surface area contributed by atoms with Gasteiger partial charge in [0.15, 0.2) is 0 Å². The molecule has 1 atom stereocenters. The molecule has 2 heterocycles. The first-order chi connectivity index (χ1) is 20.5. The highest BCUT2D eigenvalue weighted by molar-refractivity contribution is 6.33. The van der Waals surface area contributed by atoms with E-state index in [2.05, 4.69) is 27.8 Å². The Morgan fingerprint density at radius 2 is 1.52 bits per heavy atom. The molecule has 8 heteroatoms. The Morgan fingerprint density at radius 3 is 2.21 bits per heavy atom. The Hall–Kier alpha value is -4.62. The Morgan fingerprint density at radius 1 is 0.857 bits per heavy atom. The lowest BCUT2D eigenvalue weighted by Crippen LogP contribution is -2.49. The highest BCUT2D eigenvalue weighted by atomic mass is 35.5. The van der Waals surface area contributed by atoms with Gasteiger partial charge in [0.05, 0.1) is 15.6 Å². The number of piperazine rings is 1. The zero-order valence-corrected chi connectivity index (χ0v) is 23.9. The average molecular weight is 579 g/mol. The summed E-state index contributed by atoms with van der Waals surface area (Å²) in [7, 11) is 0. The summed E-state index contributed by atoms with van der Waals surface area (Å²) in [6.07, 6.45) is 2.34. The molecule has 1 amide bonds. The summed E-state index contributed by atoms with van der Waals surface area (Å²) in [6.45, 7) is 3.23. The first-order valence-electron chi connectivity index (χ1n) is 14.1. The largest absolute Gasteiger partial charge is 0.367 e. The summed E-state index contributed by atoms with van der Waals surface area (Å²) >= 11 is 6.43. The van der Waals surface area contributed by atoms with Crippen LogP contribution in [0.3, 0.4) is 0 Å². The van der Waals surface area contributed by atoms with Crippen LogP contribution in [0.1, 0.15) is 29.0 Å². The fourth-order valence-corrected chi connectivity index (χ4v) is 6.17. The van der Waals surface area contributed by atoms with Crippen molar-refractivity contribution in [2.24, 2.45) is 0 Å². The Bertz CT molecular complexity index is 1710. The van der Waals surface area contributed by atoms with Crippen LogP contribution in [0.5, 0.6) is 0 Å². The van der Waals surface area contributed by atoms with E-state index in [0.29, 0.717) is 37.7 Å². The fraction of sp³-hybridized carbons (Fsp3) is 0.206. The van der Waals surface area contributed by atoms with E-state index in [0.717, 1.165) is 33.3 Å². The van der Waals surface area contributed by atoms with Crippen LogP contribution in [0.15, 0.2) is 109 Å². The predicted octanol–water partition coefficient (Wildman–Crippen LogP) is 7.12. The van der Waals surface area contributed by atoms with Gasteiger partial charge in [-0.25, -0.2) is 0 Å². The number of rotatable bonds is 8. The minimum atomic E-state index is -0.362. The van der Waals surface area contributed by atoms with E-state index in [1.54, 1.807) is 12.1 Å². The van der Waals surface area contributed by atoms with E-state index >= 15 is 0 Å². The number of amides is 1. The minimum Gasteiger partial charge on any atom is -0.367 e. The number of aromatic nitrogens is 1. The molecule has 0 radical (unpaired) electrons. The number of benzene rings is 4. The van der Waals surface area contributed by atoms with Gasteiger partial charge in [0, 0.05) is 74.3 Å². The molecule has 1 aliphatic heterocycles. The number of anilines is 1. The minimum absolute atomic E-state index is 0.0371. The summed E-state index contributed by atoms with van der Waals surface area (Å²) in [5, 5.41) is 13.3. The molecule has 5 aromatic rings. The second-order valence-corrected chi connectivity index (χ2v) is 11.1. The molecule has 0 saturated carbocycles. The third kappa shape index (κ3) is 5.74. The number of carbonyl (C=O) groups is 1. The molecular formula is C34H31ClN4O3.